The fourth-order valence-electron chi connectivity index (χ4n) is 3.01. The van der Waals surface area contributed by atoms with Crippen molar-refractivity contribution in [2.75, 3.05) is 18.4 Å². The lowest BCUT2D eigenvalue weighted by atomic mass is 10.2. The number of aromatic nitrogens is 3. The van der Waals surface area contributed by atoms with E-state index in [0.29, 0.717) is 18.9 Å². The number of H-pyrrole nitrogens is 1. The average molecular weight is 396 g/mol. The van der Waals surface area contributed by atoms with Gasteiger partial charge >= 0.3 is 6.09 Å². The maximum atomic E-state index is 11.7. The first-order valence-electron chi connectivity index (χ1n) is 9.87. The number of nitrogens with one attached hydrogen (secondary N) is 3. The van der Waals surface area contributed by atoms with Crippen molar-refractivity contribution in [3.8, 4) is 11.4 Å². The molecule has 0 radical (unpaired) electrons. The quantitative estimate of drug-likeness (QED) is 0.532. The van der Waals surface area contributed by atoms with Crippen molar-refractivity contribution in [1.29, 1.82) is 0 Å². The molecule has 0 atom stereocenters. The first kappa shape index (κ1) is 20.6. The van der Waals surface area contributed by atoms with Crippen molar-refractivity contribution in [2.24, 2.45) is 0 Å². The van der Waals surface area contributed by atoms with E-state index in [0.717, 1.165) is 40.1 Å². The molecule has 0 aliphatic carbocycles. The second kappa shape index (κ2) is 8.51. The fraction of sp³-hybridized carbons (Fsp3) is 0.409. The van der Waals surface area contributed by atoms with Crippen LogP contribution in [0.25, 0.3) is 22.4 Å². The lowest BCUT2D eigenvalue weighted by Crippen LogP contribution is -2.33. The van der Waals surface area contributed by atoms with Crippen LogP contribution in [0.15, 0.2) is 30.3 Å². The molecule has 3 aromatic rings. The molecule has 1 amide bonds. The Balaban J connectivity index is 1.70. The highest BCUT2D eigenvalue weighted by Gasteiger charge is 2.16. The molecule has 1 aromatic carbocycles. The maximum absolute atomic E-state index is 11.7. The summed E-state index contributed by atoms with van der Waals surface area (Å²) >= 11 is 0. The van der Waals surface area contributed by atoms with E-state index in [1.165, 1.54) is 0 Å². The molecule has 7 nitrogen and oxygen atoms in total. The number of carbonyl (C=O) groups excluding carboxylic acids is 1. The predicted molar refractivity (Wildman–Crippen MR) is 116 cm³/mol. The van der Waals surface area contributed by atoms with E-state index in [4.69, 9.17) is 14.7 Å². The molecule has 0 aliphatic heterocycles. The third-order valence-electron chi connectivity index (χ3n) is 4.50. The molecule has 0 saturated carbocycles. The largest absolute Gasteiger partial charge is 0.444 e. The van der Waals surface area contributed by atoms with Crippen LogP contribution < -0.4 is 10.6 Å². The number of hydrogen-bond acceptors (Lipinski definition) is 5. The van der Waals surface area contributed by atoms with Crippen LogP contribution >= 0.6 is 0 Å². The predicted octanol–water partition coefficient (Wildman–Crippen LogP) is 4.57. The van der Waals surface area contributed by atoms with Gasteiger partial charge in [-0.25, -0.2) is 14.8 Å². The van der Waals surface area contributed by atoms with Gasteiger partial charge in [-0.15, -0.1) is 0 Å². The van der Waals surface area contributed by atoms with Crippen LogP contribution in [0, 0.1) is 13.8 Å². The molecule has 2 heterocycles. The monoisotopic (exact) mass is 395 g/mol. The number of alkyl carbamates (subject to hydrolysis) is 1. The van der Waals surface area contributed by atoms with Crippen LogP contribution in [0.2, 0.25) is 0 Å². The molecule has 0 fully saturated rings. The second-order valence-corrected chi connectivity index (χ2v) is 8.07. The zero-order chi connectivity index (χ0) is 21.0. The number of benzene rings is 1. The van der Waals surface area contributed by atoms with E-state index in [1.54, 1.807) is 0 Å². The Morgan fingerprint density at radius 3 is 2.52 bits per heavy atom. The summed E-state index contributed by atoms with van der Waals surface area (Å²) in [6.07, 6.45) is 0.346. The number of nitrogens with zero attached hydrogens (tertiary/aromatic N) is 2. The van der Waals surface area contributed by atoms with Crippen LogP contribution in [0.5, 0.6) is 0 Å². The van der Waals surface area contributed by atoms with E-state index in [9.17, 15) is 4.79 Å². The number of anilines is 1. The summed E-state index contributed by atoms with van der Waals surface area (Å²) < 4.78 is 5.25. The summed E-state index contributed by atoms with van der Waals surface area (Å²) in [5.41, 5.74) is 3.51. The number of aryl methyl sites for hydroxylation is 2. The van der Waals surface area contributed by atoms with Gasteiger partial charge in [0.25, 0.3) is 0 Å². The molecule has 0 saturated heterocycles. The molecule has 3 N–H and O–H groups in total. The van der Waals surface area contributed by atoms with Crippen molar-refractivity contribution < 1.29 is 9.53 Å². The van der Waals surface area contributed by atoms with E-state index >= 15 is 0 Å². The topological polar surface area (TPSA) is 91.9 Å². The first-order valence-corrected chi connectivity index (χ1v) is 9.87. The SMILES string of the molecule is Cc1[nH]c2nc(-c3ccccc3)nc(NCCCNC(=O)OC(C)(C)C)c2c1C. The van der Waals surface area contributed by atoms with Crippen molar-refractivity contribution in [3.05, 3.63) is 41.6 Å². The molecule has 0 bridgehead atoms. The van der Waals surface area contributed by atoms with Crippen molar-refractivity contribution in [2.45, 2.75) is 46.6 Å². The minimum Gasteiger partial charge on any atom is -0.444 e. The van der Waals surface area contributed by atoms with Crippen molar-refractivity contribution in [1.82, 2.24) is 20.3 Å². The number of ether oxygens (including phenoxy) is 1. The van der Waals surface area contributed by atoms with Gasteiger partial charge < -0.3 is 20.4 Å². The Morgan fingerprint density at radius 1 is 1.10 bits per heavy atom. The van der Waals surface area contributed by atoms with Crippen LogP contribution in [0.1, 0.15) is 38.4 Å². The molecule has 3 rings (SSSR count). The summed E-state index contributed by atoms with van der Waals surface area (Å²) in [7, 11) is 0. The number of hydrogen-bond donors (Lipinski definition) is 3. The highest BCUT2D eigenvalue weighted by molar-refractivity contribution is 5.92. The molecular weight excluding hydrogens is 366 g/mol. The smallest absolute Gasteiger partial charge is 0.407 e. The number of carbonyl (C=O) groups is 1. The molecule has 2 aromatic heterocycles. The van der Waals surface area contributed by atoms with E-state index in [2.05, 4.69) is 22.5 Å². The number of aromatic amines is 1. The van der Waals surface area contributed by atoms with Gasteiger partial charge in [0.1, 0.15) is 17.1 Å². The van der Waals surface area contributed by atoms with Crippen LogP contribution in [-0.4, -0.2) is 39.7 Å². The van der Waals surface area contributed by atoms with E-state index in [1.807, 2.05) is 58.0 Å². The van der Waals surface area contributed by atoms with Gasteiger partial charge in [-0.2, -0.15) is 0 Å². The summed E-state index contributed by atoms with van der Waals surface area (Å²) in [6.45, 7) is 10.8. The minimum atomic E-state index is -0.494. The number of amides is 1. The third kappa shape index (κ3) is 5.25. The highest BCUT2D eigenvalue weighted by Crippen LogP contribution is 2.29. The van der Waals surface area contributed by atoms with Gasteiger partial charge in [-0.05, 0) is 46.6 Å². The Morgan fingerprint density at radius 2 is 1.83 bits per heavy atom. The van der Waals surface area contributed by atoms with Crippen LogP contribution in [0.3, 0.4) is 0 Å². The van der Waals surface area contributed by atoms with E-state index in [-0.39, 0.29) is 0 Å². The van der Waals surface area contributed by atoms with Gasteiger partial charge in [-0.1, -0.05) is 30.3 Å². The second-order valence-electron chi connectivity index (χ2n) is 8.07. The number of rotatable bonds is 6. The summed E-state index contributed by atoms with van der Waals surface area (Å²) in [5, 5.41) is 7.19. The molecular formula is C22H29N5O2. The Kier molecular flexibility index (Phi) is 6.06. The minimum absolute atomic E-state index is 0.398. The third-order valence-corrected chi connectivity index (χ3v) is 4.50. The van der Waals surface area contributed by atoms with Gasteiger partial charge in [0.2, 0.25) is 0 Å². The average Bonchev–Trinajstić information content (AvgIpc) is 2.94. The lowest BCUT2D eigenvalue weighted by molar-refractivity contribution is 0.0528. The zero-order valence-electron chi connectivity index (χ0n) is 17.7. The molecule has 0 spiro atoms. The molecule has 0 aliphatic rings. The van der Waals surface area contributed by atoms with Crippen LogP contribution in [0.4, 0.5) is 10.6 Å². The standard InChI is InChI=1S/C22H29N5O2/c1-14-15(2)25-20-17(14)19(26-18(27-20)16-10-7-6-8-11-16)23-12-9-13-24-21(28)29-22(3,4)5/h6-8,10-11H,9,12-13H2,1-5H3,(H,24,28)(H2,23,25,26,27). The molecule has 154 valence electrons. The highest BCUT2D eigenvalue weighted by atomic mass is 16.6. The van der Waals surface area contributed by atoms with Crippen LogP contribution in [-0.2, 0) is 4.74 Å². The van der Waals surface area contributed by atoms with Gasteiger partial charge in [-0.3, -0.25) is 0 Å². The van der Waals surface area contributed by atoms with Gasteiger partial charge in [0, 0.05) is 24.3 Å². The molecule has 29 heavy (non-hydrogen) atoms. The summed E-state index contributed by atoms with van der Waals surface area (Å²) in [4.78, 5) is 24.6. The van der Waals surface area contributed by atoms with Gasteiger partial charge in [0.15, 0.2) is 5.82 Å². The Bertz CT molecular complexity index is 990. The molecule has 7 heteroatoms. The summed E-state index contributed by atoms with van der Waals surface area (Å²) in [6, 6.07) is 9.92. The maximum Gasteiger partial charge on any atom is 0.407 e. The summed E-state index contributed by atoms with van der Waals surface area (Å²) in [5.74, 6) is 1.47. The van der Waals surface area contributed by atoms with Crippen molar-refractivity contribution in [3.63, 3.8) is 0 Å². The zero-order valence-corrected chi connectivity index (χ0v) is 17.7. The van der Waals surface area contributed by atoms with Gasteiger partial charge in [0.05, 0.1) is 5.39 Å². The first-order chi connectivity index (χ1) is 13.7. The normalized spacial score (nSPS) is 11.5. The fourth-order valence-corrected chi connectivity index (χ4v) is 3.01. The Hall–Kier alpha value is -3.09. The Labute approximate surface area is 171 Å². The lowest BCUT2D eigenvalue weighted by Gasteiger charge is -2.19. The van der Waals surface area contributed by atoms with Crippen molar-refractivity contribution >= 4 is 22.9 Å². The number of fused-ring (bicyclic) bond motifs is 1. The molecule has 0 unspecified atom stereocenters. The van der Waals surface area contributed by atoms with E-state index < -0.39 is 11.7 Å².